The second-order valence-electron chi connectivity index (χ2n) is 28.6. The van der Waals surface area contributed by atoms with Crippen LogP contribution in [0.3, 0.4) is 0 Å². The molecule has 0 saturated heterocycles. The Balaban J connectivity index is 0.609. The zero-order valence-corrected chi connectivity index (χ0v) is 54.2. The van der Waals surface area contributed by atoms with Gasteiger partial charge in [0.05, 0.1) is 0 Å². The summed E-state index contributed by atoms with van der Waals surface area (Å²) in [4.78, 5) is 31.6. The third-order valence-corrected chi connectivity index (χ3v) is 21.6. The van der Waals surface area contributed by atoms with Crippen molar-refractivity contribution in [2.75, 3.05) is 9.80 Å². The van der Waals surface area contributed by atoms with Gasteiger partial charge in [-0.2, -0.15) is 0 Å². The Morgan fingerprint density at radius 2 is 0.452 bits per heavy atom. The number of hydrogen-bond donors (Lipinski definition) is 0. The van der Waals surface area contributed by atoms with Gasteiger partial charge in [-0.05, 0) is 182 Å². The lowest BCUT2D eigenvalue weighted by Gasteiger charge is -2.28. The fourth-order valence-corrected chi connectivity index (χ4v) is 16.5. The average Bonchev–Trinajstić information content (AvgIpc) is 1.64. The molecule has 5 aliphatic rings. The van der Waals surface area contributed by atoms with E-state index in [1.165, 1.54) is 134 Å². The lowest BCUT2D eigenvalue weighted by molar-refractivity contribution is 0.659. The fourth-order valence-electron chi connectivity index (χ4n) is 16.5. The summed E-state index contributed by atoms with van der Waals surface area (Å²) in [7, 11) is 0. The zero-order chi connectivity index (χ0) is 63.5. The Bertz CT molecular complexity index is 4880. The van der Waals surface area contributed by atoms with E-state index in [9.17, 15) is 0 Å². The normalized spacial score (nSPS) is 16.0. The van der Waals surface area contributed by atoms with Gasteiger partial charge in [-0.1, -0.05) is 239 Å². The molecule has 0 atom stereocenters. The molecule has 93 heavy (non-hydrogen) atoms. The molecule has 0 spiro atoms. The molecule has 0 radical (unpaired) electrons. The summed E-state index contributed by atoms with van der Waals surface area (Å²) < 4.78 is 0. The van der Waals surface area contributed by atoms with E-state index in [4.69, 9.17) is 19.9 Å². The van der Waals surface area contributed by atoms with Crippen LogP contribution < -0.4 is 9.80 Å². The van der Waals surface area contributed by atoms with Crippen molar-refractivity contribution in [3.63, 3.8) is 0 Å². The standard InChI is InChI=1S/C85H70N8/c1-81(2)69-17-13-11-15-59(69)65-35-27-55(43-75(65)81)92(79-88-47-86-48-89-79)57-29-37-67-63-33-25-53(41-73(63)84(7,8)77(67)45-57)21-19-51-23-31-61-62-32-24-52(40-72(62)83(5,6)71(61)39-51)20-22-54-26-34-64-68-38-30-58(46-78(68)85(9,10)74(64)42-54)93(80-90-49-87-50-91-80)56-28-36-66-60-16-12-14-18-70(60)82(3,4)76(66)44-56/h11-50H,1-10H3. The van der Waals surface area contributed by atoms with Crippen molar-refractivity contribution in [2.45, 2.75) is 96.3 Å². The van der Waals surface area contributed by atoms with Gasteiger partial charge in [-0.25, -0.2) is 29.9 Å². The van der Waals surface area contributed by atoms with Crippen molar-refractivity contribution in [1.29, 1.82) is 0 Å². The third kappa shape index (κ3) is 8.50. The summed E-state index contributed by atoms with van der Waals surface area (Å²) in [6.07, 6.45) is 15.4. The molecule has 0 bridgehead atoms. The highest BCUT2D eigenvalue weighted by Crippen LogP contribution is 2.57. The fraction of sp³-hybridized carbons (Fsp3) is 0.176. The topological polar surface area (TPSA) is 83.8 Å². The maximum atomic E-state index is 4.72. The van der Waals surface area contributed by atoms with E-state index in [1.807, 2.05) is 0 Å². The molecule has 0 aliphatic heterocycles. The monoisotopic (exact) mass is 1200 g/mol. The van der Waals surface area contributed by atoms with Gasteiger partial charge in [0.1, 0.15) is 25.3 Å². The Morgan fingerprint density at radius 3 is 0.720 bits per heavy atom. The number of fused-ring (bicyclic) bond motifs is 15. The van der Waals surface area contributed by atoms with E-state index in [0.717, 1.165) is 22.7 Å². The summed E-state index contributed by atoms with van der Waals surface area (Å²) in [6, 6.07) is 72.8. The summed E-state index contributed by atoms with van der Waals surface area (Å²) in [5.41, 5.74) is 33.8. The molecular weight excluding hydrogens is 1130 g/mol. The zero-order valence-electron chi connectivity index (χ0n) is 54.2. The average molecular weight is 1200 g/mol. The van der Waals surface area contributed by atoms with Crippen LogP contribution in [0.25, 0.3) is 79.9 Å². The Kier molecular flexibility index (Phi) is 12.2. The predicted octanol–water partition coefficient (Wildman–Crippen LogP) is 20.9. The first-order chi connectivity index (χ1) is 44.8. The molecule has 0 fully saturated rings. The molecule has 8 nitrogen and oxygen atoms in total. The number of hydrogen-bond acceptors (Lipinski definition) is 8. The first-order valence-corrected chi connectivity index (χ1v) is 32.4. The molecular formula is C85H70N8. The third-order valence-electron chi connectivity index (χ3n) is 21.6. The van der Waals surface area contributed by atoms with Gasteiger partial charge < -0.3 is 0 Å². The molecule has 0 N–H and O–H groups in total. The molecule has 2 heterocycles. The largest absolute Gasteiger partial charge is 0.279 e. The van der Waals surface area contributed by atoms with E-state index in [-0.39, 0.29) is 27.1 Å². The molecule has 0 amide bonds. The highest BCUT2D eigenvalue weighted by Gasteiger charge is 2.42. The SMILES string of the molecule is CC1(C)c2cc(C=Cc3ccc4c(c3)C(C)(C)c3cc(N(c5ccc6c(c5)C(C)(C)c5ccccc5-6)c5ncncn5)ccc3-4)ccc2-c2ccc(C=Cc3ccc4c(c3)C(C)(C)c3cc(N(c5ccc6c(c5)C(C)(C)c5ccccc5-6)c5ncncn5)ccc3-4)cc21. The second kappa shape index (κ2) is 20.1. The van der Waals surface area contributed by atoms with Crippen LogP contribution in [-0.4, -0.2) is 29.9 Å². The van der Waals surface area contributed by atoms with E-state index >= 15 is 0 Å². The Hall–Kier alpha value is -10.7. The van der Waals surface area contributed by atoms with Crippen LogP contribution in [-0.2, 0) is 27.1 Å². The number of rotatable bonds is 10. The predicted molar refractivity (Wildman–Crippen MR) is 381 cm³/mol. The molecule has 10 aromatic carbocycles. The number of anilines is 6. The highest BCUT2D eigenvalue weighted by atomic mass is 15.3. The molecule has 8 heteroatoms. The van der Waals surface area contributed by atoms with Crippen LogP contribution in [0.1, 0.15) is 147 Å². The molecule has 17 rings (SSSR count). The van der Waals surface area contributed by atoms with Crippen LogP contribution >= 0.6 is 0 Å². The maximum absolute atomic E-state index is 4.72. The van der Waals surface area contributed by atoms with E-state index < -0.39 is 0 Å². The quantitative estimate of drug-likeness (QED) is 0.125. The van der Waals surface area contributed by atoms with E-state index in [0.29, 0.717) is 11.9 Å². The van der Waals surface area contributed by atoms with Crippen molar-refractivity contribution < 1.29 is 0 Å². The van der Waals surface area contributed by atoms with Crippen LogP contribution in [0.4, 0.5) is 34.6 Å². The highest BCUT2D eigenvalue weighted by molar-refractivity contribution is 5.92. The van der Waals surface area contributed by atoms with Gasteiger partial charge in [-0.15, -0.1) is 0 Å². The van der Waals surface area contributed by atoms with Crippen molar-refractivity contribution in [3.8, 4) is 55.6 Å². The van der Waals surface area contributed by atoms with E-state index in [1.54, 1.807) is 25.3 Å². The molecule has 0 unspecified atom stereocenters. The van der Waals surface area contributed by atoms with Gasteiger partial charge in [-0.3, -0.25) is 9.80 Å². The van der Waals surface area contributed by atoms with Crippen molar-refractivity contribution >= 4 is 59.0 Å². The van der Waals surface area contributed by atoms with E-state index in [2.05, 4.69) is 307 Å². The molecule has 2 aromatic heterocycles. The molecule has 5 aliphatic carbocycles. The molecule has 450 valence electrons. The van der Waals surface area contributed by atoms with Gasteiger partial charge in [0.25, 0.3) is 0 Å². The number of nitrogens with zero attached hydrogens (tertiary/aromatic N) is 8. The minimum absolute atomic E-state index is 0.149. The van der Waals surface area contributed by atoms with Gasteiger partial charge >= 0.3 is 0 Å². The van der Waals surface area contributed by atoms with Crippen molar-refractivity contribution in [2.24, 2.45) is 0 Å². The van der Waals surface area contributed by atoms with Crippen molar-refractivity contribution in [1.82, 2.24) is 29.9 Å². The second-order valence-corrected chi connectivity index (χ2v) is 28.6. The van der Waals surface area contributed by atoms with Crippen LogP contribution in [0, 0.1) is 0 Å². The van der Waals surface area contributed by atoms with Crippen LogP contribution in [0.5, 0.6) is 0 Å². The van der Waals surface area contributed by atoms with Gasteiger partial charge in [0, 0.05) is 49.8 Å². The lowest BCUT2D eigenvalue weighted by atomic mass is 9.81. The number of aromatic nitrogens is 6. The maximum Gasteiger partial charge on any atom is 0.237 e. The van der Waals surface area contributed by atoms with Gasteiger partial charge in [0.15, 0.2) is 0 Å². The van der Waals surface area contributed by atoms with Crippen LogP contribution in [0.2, 0.25) is 0 Å². The first kappa shape index (κ1) is 56.3. The summed E-state index contributed by atoms with van der Waals surface area (Å²) in [5.74, 6) is 1.17. The lowest BCUT2D eigenvalue weighted by Crippen LogP contribution is -2.19. The minimum Gasteiger partial charge on any atom is -0.279 e. The Labute approximate surface area is 544 Å². The van der Waals surface area contributed by atoms with Crippen LogP contribution in [0.15, 0.2) is 219 Å². The summed E-state index contributed by atoms with van der Waals surface area (Å²) in [6.45, 7) is 23.5. The van der Waals surface area contributed by atoms with Gasteiger partial charge in [0.2, 0.25) is 11.9 Å². The molecule has 12 aromatic rings. The summed E-state index contributed by atoms with van der Waals surface area (Å²) >= 11 is 0. The number of benzene rings is 10. The minimum atomic E-state index is -0.261. The Morgan fingerprint density at radius 1 is 0.237 bits per heavy atom. The smallest absolute Gasteiger partial charge is 0.237 e. The first-order valence-electron chi connectivity index (χ1n) is 32.4. The molecule has 0 saturated carbocycles. The summed E-state index contributed by atoms with van der Waals surface area (Å²) in [5, 5.41) is 0. The van der Waals surface area contributed by atoms with Crippen molar-refractivity contribution in [3.05, 3.63) is 297 Å².